The molecule has 5 heteroatoms. The Hall–Kier alpha value is -1.62. The van der Waals surface area contributed by atoms with Crippen LogP contribution >= 0.6 is 0 Å². The van der Waals surface area contributed by atoms with E-state index in [4.69, 9.17) is 5.73 Å². The Morgan fingerprint density at radius 3 is 2.75 bits per heavy atom. The molecule has 0 saturated heterocycles. The lowest BCUT2D eigenvalue weighted by Gasteiger charge is -2.11. The molecule has 1 aromatic rings. The maximum atomic E-state index is 5.94. The largest absolute Gasteiger partial charge is 0.382 e. The van der Waals surface area contributed by atoms with Crippen LogP contribution in [-0.2, 0) is 6.42 Å². The van der Waals surface area contributed by atoms with Crippen molar-refractivity contribution in [2.45, 2.75) is 32.6 Å². The number of nitrogens with one attached hydrogen (secondary N) is 1. The molecule has 0 aliphatic rings. The lowest BCUT2D eigenvalue weighted by Crippen LogP contribution is -2.21. The van der Waals surface area contributed by atoms with Crippen molar-refractivity contribution in [2.75, 3.05) is 27.2 Å². The van der Waals surface area contributed by atoms with E-state index in [1.807, 2.05) is 44.4 Å². The molecule has 0 spiro atoms. The van der Waals surface area contributed by atoms with Crippen LogP contribution < -0.4 is 11.1 Å². The van der Waals surface area contributed by atoms with Crippen molar-refractivity contribution in [3.05, 3.63) is 29.6 Å². The number of unbranched alkanes of at least 4 members (excludes halogenated alkanes) is 2. The Morgan fingerprint density at radius 2 is 2.15 bits per heavy atom. The molecule has 0 aliphatic carbocycles. The second-order valence-corrected chi connectivity index (χ2v) is 4.91. The molecule has 0 aliphatic heterocycles. The molecule has 3 N–H and O–H groups in total. The predicted octanol–water partition coefficient (Wildman–Crippen LogP) is 1.59. The molecular weight excluding hydrogens is 250 g/mol. The Morgan fingerprint density at radius 1 is 1.35 bits per heavy atom. The van der Waals surface area contributed by atoms with Gasteiger partial charge in [-0.15, -0.1) is 0 Å². The summed E-state index contributed by atoms with van der Waals surface area (Å²) in [5, 5.41) is 9.24. The van der Waals surface area contributed by atoms with Crippen LogP contribution in [0.25, 0.3) is 0 Å². The van der Waals surface area contributed by atoms with Crippen molar-refractivity contribution >= 4 is 5.84 Å². The summed E-state index contributed by atoms with van der Waals surface area (Å²) in [6, 6.07) is 4.04. The fraction of sp³-hybridized carbons (Fsp3) is 0.600. The van der Waals surface area contributed by atoms with E-state index in [9.17, 15) is 0 Å². The van der Waals surface area contributed by atoms with Crippen LogP contribution in [0.2, 0.25) is 0 Å². The average molecular weight is 277 g/mol. The average Bonchev–Trinajstić information content (AvgIpc) is 2.47. The van der Waals surface area contributed by atoms with Crippen LogP contribution in [0.15, 0.2) is 23.4 Å². The Labute approximate surface area is 122 Å². The molecule has 0 unspecified atom stereocenters. The van der Waals surface area contributed by atoms with E-state index < -0.39 is 0 Å². The van der Waals surface area contributed by atoms with Crippen LogP contribution in [-0.4, -0.2) is 43.0 Å². The van der Waals surface area contributed by atoms with E-state index in [1.54, 1.807) is 0 Å². The van der Waals surface area contributed by atoms with Gasteiger partial charge in [-0.1, -0.05) is 6.42 Å². The first-order valence-corrected chi connectivity index (χ1v) is 7.32. The van der Waals surface area contributed by atoms with Gasteiger partial charge in [0.15, 0.2) is 5.84 Å². The molecule has 0 saturated carbocycles. The first kappa shape index (κ1) is 16.4. The van der Waals surface area contributed by atoms with Crippen molar-refractivity contribution in [3.8, 4) is 0 Å². The molecule has 0 atom stereocenters. The number of hydrazone groups is 1. The van der Waals surface area contributed by atoms with Crippen LogP contribution in [0.1, 0.15) is 37.4 Å². The van der Waals surface area contributed by atoms with Crippen LogP contribution in [0, 0.1) is 0 Å². The van der Waals surface area contributed by atoms with Crippen molar-refractivity contribution in [1.29, 1.82) is 0 Å². The predicted molar refractivity (Wildman–Crippen MR) is 84.7 cm³/mol. The van der Waals surface area contributed by atoms with E-state index >= 15 is 0 Å². The van der Waals surface area contributed by atoms with Crippen molar-refractivity contribution < 1.29 is 0 Å². The lowest BCUT2D eigenvalue weighted by molar-refractivity contribution is 0.375. The maximum absolute atomic E-state index is 5.94. The Balaban J connectivity index is 2.45. The SMILES string of the molecule is CCN(C)/N=C(\N)c1ccc(CCCCCNC)nc1. The summed E-state index contributed by atoms with van der Waals surface area (Å²) in [7, 11) is 3.89. The molecule has 0 amide bonds. The molecule has 0 fully saturated rings. The number of nitrogens with two attached hydrogens (primary N) is 1. The third-order valence-corrected chi connectivity index (χ3v) is 3.22. The molecule has 5 nitrogen and oxygen atoms in total. The van der Waals surface area contributed by atoms with Gasteiger partial charge in [-0.3, -0.25) is 9.99 Å². The Kier molecular flexibility index (Phi) is 7.65. The highest BCUT2D eigenvalue weighted by atomic mass is 15.4. The smallest absolute Gasteiger partial charge is 0.152 e. The van der Waals surface area contributed by atoms with E-state index in [1.165, 1.54) is 19.3 Å². The van der Waals surface area contributed by atoms with Gasteiger partial charge in [-0.25, -0.2) is 0 Å². The fourth-order valence-electron chi connectivity index (χ4n) is 1.82. The number of hydrogen-bond acceptors (Lipinski definition) is 4. The summed E-state index contributed by atoms with van der Waals surface area (Å²) < 4.78 is 0. The van der Waals surface area contributed by atoms with Gasteiger partial charge in [0.1, 0.15) is 0 Å². The number of aromatic nitrogens is 1. The van der Waals surface area contributed by atoms with Crippen LogP contribution in [0.3, 0.4) is 0 Å². The van der Waals surface area contributed by atoms with E-state index in [2.05, 4.69) is 15.4 Å². The topological polar surface area (TPSA) is 66.5 Å². The molecule has 1 rings (SSSR count). The van der Waals surface area contributed by atoms with Gasteiger partial charge in [0, 0.05) is 31.0 Å². The zero-order valence-corrected chi connectivity index (χ0v) is 12.9. The van der Waals surface area contributed by atoms with Gasteiger partial charge in [-0.2, -0.15) is 5.10 Å². The zero-order valence-electron chi connectivity index (χ0n) is 12.9. The van der Waals surface area contributed by atoms with E-state index in [0.29, 0.717) is 5.84 Å². The molecule has 112 valence electrons. The van der Waals surface area contributed by atoms with Crippen LogP contribution in [0.4, 0.5) is 0 Å². The summed E-state index contributed by atoms with van der Waals surface area (Å²) in [5.74, 6) is 0.516. The van der Waals surface area contributed by atoms with Crippen molar-refractivity contribution in [1.82, 2.24) is 15.3 Å². The maximum Gasteiger partial charge on any atom is 0.152 e. The fourth-order valence-corrected chi connectivity index (χ4v) is 1.82. The minimum Gasteiger partial charge on any atom is -0.382 e. The van der Waals surface area contributed by atoms with Gasteiger partial charge in [0.05, 0.1) is 0 Å². The summed E-state index contributed by atoms with van der Waals surface area (Å²) >= 11 is 0. The highest BCUT2D eigenvalue weighted by molar-refractivity contribution is 5.96. The first-order valence-electron chi connectivity index (χ1n) is 7.32. The Bertz CT molecular complexity index is 399. The molecule has 20 heavy (non-hydrogen) atoms. The monoisotopic (exact) mass is 277 g/mol. The quantitative estimate of drug-likeness (QED) is 0.311. The van der Waals surface area contributed by atoms with Gasteiger partial charge in [0.25, 0.3) is 0 Å². The number of pyridine rings is 1. The molecule has 0 radical (unpaired) electrons. The summed E-state index contributed by atoms with van der Waals surface area (Å²) in [6.07, 6.45) is 6.46. The van der Waals surface area contributed by atoms with E-state index in [-0.39, 0.29) is 0 Å². The van der Waals surface area contributed by atoms with Gasteiger partial charge in [0.2, 0.25) is 0 Å². The molecular formula is C15H27N5. The van der Waals surface area contributed by atoms with Crippen LogP contribution in [0.5, 0.6) is 0 Å². The van der Waals surface area contributed by atoms with Crippen molar-refractivity contribution in [3.63, 3.8) is 0 Å². The third-order valence-electron chi connectivity index (χ3n) is 3.22. The normalized spacial score (nSPS) is 11.7. The minimum absolute atomic E-state index is 0.516. The number of amidine groups is 1. The number of aryl methyl sites for hydroxylation is 1. The number of hydrogen-bond donors (Lipinski definition) is 2. The molecule has 1 aromatic heterocycles. The first-order chi connectivity index (χ1) is 9.67. The minimum atomic E-state index is 0.516. The number of nitrogens with zero attached hydrogens (tertiary/aromatic N) is 3. The lowest BCUT2D eigenvalue weighted by atomic mass is 10.1. The molecule has 0 bridgehead atoms. The zero-order chi connectivity index (χ0) is 14.8. The second-order valence-electron chi connectivity index (χ2n) is 4.91. The summed E-state index contributed by atoms with van der Waals surface area (Å²) in [5.41, 5.74) is 7.94. The third kappa shape index (κ3) is 6.02. The summed E-state index contributed by atoms with van der Waals surface area (Å²) in [6.45, 7) is 3.95. The van der Waals surface area contributed by atoms with Gasteiger partial charge < -0.3 is 11.1 Å². The highest BCUT2D eigenvalue weighted by Crippen LogP contribution is 2.06. The second kappa shape index (κ2) is 9.31. The standard InChI is InChI=1S/C15H27N5/c1-4-20(3)19-15(16)13-9-10-14(18-12-13)8-6-5-7-11-17-2/h9-10,12,17H,4-8,11H2,1-3H3,(H2,16,19). The molecule has 1 heterocycles. The van der Waals surface area contributed by atoms with E-state index in [0.717, 1.165) is 30.8 Å². The number of rotatable bonds is 9. The molecule has 0 aromatic carbocycles. The van der Waals surface area contributed by atoms with Crippen molar-refractivity contribution in [2.24, 2.45) is 10.8 Å². The summed E-state index contributed by atoms with van der Waals surface area (Å²) in [4.78, 5) is 4.46. The van der Waals surface area contributed by atoms with Gasteiger partial charge >= 0.3 is 0 Å². The van der Waals surface area contributed by atoms with Gasteiger partial charge in [-0.05, 0) is 51.9 Å². The highest BCUT2D eigenvalue weighted by Gasteiger charge is 2.01.